The summed E-state index contributed by atoms with van der Waals surface area (Å²) in [6.07, 6.45) is 5.12. The van der Waals surface area contributed by atoms with E-state index in [0.717, 1.165) is 11.3 Å². The molecule has 0 bridgehead atoms. The Balaban J connectivity index is 2.11. The van der Waals surface area contributed by atoms with Crippen molar-refractivity contribution in [2.45, 2.75) is 6.54 Å². The lowest BCUT2D eigenvalue weighted by atomic mass is 10.3. The largest absolute Gasteiger partial charge is 0.386 e. The summed E-state index contributed by atoms with van der Waals surface area (Å²) in [6.45, 7) is 0.592. The molecule has 78 valence electrons. The zero-order valence-electron chi connectivity index (χ0n) is 8.31. The summed E-state index contributed by atoms with van der Waals surface area (Å²) in [5, 5.41) is 7.12. The fourth-order valence-corrected chi connectivity index (χ4v) is 1.27. The minimum absolute atomic E-state index is 0.463. The summed E-state index contributed by atoms with van der Waals surface area (Å²) in [5.41, 5.74) is 1.87. The Morgan fingerprint density at radius 3 is 2.87 bits per heavy atom. The van der Waals surface area contributed by atoms with Crippen molar-refractivity contribution in [3.8, 4) is 0 Å². The van der Waals surface area contributed by atoms with Crippen LogP contribution >= 0.6 is 0 Å². The third-order valence-corrected chi connectivity index (χ3v) is 2.06. The van der Waals surface area contributed by atoms with E-state index in [0.29, 0.717) is 6.54 Å². The van der Waals surface area contributed by atoms with Gasteiger partial charge < -0.3 is 5.32 Å². The van der Waals surface area contributed by atoms with Gasteiger partial charge in [-0.2, -0.15) is 9.49 Å². The van der Waals surface area contributed by atoms with E-state index in [4.69, 9.17) is 0 Å². The van der Waals surface area contributed by atoms with Gasteiger partial charge in [0.1, 0.15) is 0 Å². The van der Waals surface area contributed by atoms with Gasteiger partial charge in [-0.25, -0.2) is 4.98 Å². The minimum atomic E-state index is -0.463. The molecule has 2 aromatic rings. The first kappa shape index (κ1) is 9.64. The molecule has 2 heterocycles. The van der Waals surface area contributed by atoms with E-state index in [-0.39, 0.29) is 0 Å². The molecule has 2 aromatic heterocycles. The smallest absolute Gasteiger partial charge is 0.212 e. The van der Waals surface area contributed by atoms with Crippen LogP contribution in [-0.2, 0) is 6.54 Å². The van der Waals surface area contributed by atoms with E-state index in [1.807, 2.05) is 13.2 Å². The lowest BCUT2D eigenvalue weighted by Gasteiger charge is -2.00. The highest BCUT2D eigenvalue weighted by molar-refractivity contribution is 5.37. The van der Waals surface area contributed by atoms with Crippen molar-refractivity contribution in [2.75, 3.05) is 12.4 Å². The summed E-state index contributed by atoms with van der Waals surface area (Å²) in [6, 6.07) is 3.04. The molecule has 0 aliphatic rings. The van der Waals surface area contributed by atoms with E-state index in [1.54, 1.807) is 16.9 Å². The van der Waals surface area contributed by atoms with Gasteiger partial charge in [-0.05, 0) is 11.6 Å². The third kappa shape index (κ3) is 2.31. The summed E-state index contributed by atoms with van der Waals surface area (Å²) in [7, 11) is 1.83. The predicted octanol–water partition coefficient (Wildman–Crippen LogP) is 1.51. The van der Waals surface area contributed by atoms with Gasteiger partial charge in [-0.1, -0.05) is 6.07 Å². The van der Waals surface area contributed by atoms with Gasteiger partial charge in [0.05, 0.1) is 18.4 Å². The van der Waals surface area contributed by atoms with Gasteiger partial charge in [0.15, 0.2) is 0 Å². The van der Waals surface area contributed by atoms with Gasteiger partial charge in [-0.15, -0.1) is 0 Å². The maximum absolute atomic E-state index is 12.5. The molecule has 0 aliphatic carbocycles. The van der Waals surface area contributed by atoms with Crippen molar-refractivity contribution in [2.24, 2.45) is 0 Å². The summed E-state index contributed by atoms with van der Waals surface area (Å²) < 4.78 is 14.3. The Labute approximate surface area is 86.8 Å². The molecule has 1 N–H and O–H groups in total. The Kier molecular flexibility index (Phi) is 2.62. The topological polar surface area (TPSA) is 42.7 Å². The van der Waals surface area contributed by atoms with Crippen LogP contribution in [0.3, 0.4) is 0 Å². The molecule has 0 aromatic carbocycles. The zero-order chi connectivity index (χ0) is 10.7. The Morgan fingerprint density at radius 2 is 2.27 bits per heavy atom. The molecule has 15 heavy (non-hydrogen) atoms. The molecule has 0 amide bonds. The first-order valence-corrected chi connectivity index (χ1v) is 4.58. The van der Waals surface area contributed by atoms with E-state index >= 15 is 0 Å². The SMILES string of the molecule is CNc1cnn(Cc2ccc(F)nc2)c1. The van der Waals surface area contributed by atoms with Crippen molar-refractivity contribution in [3.63, 3.8) is 0 Å². The van der Waals surface area contributed by atoms with Crippen LogP contribution < -0.4 is 5.32 Å². The second-order valence-electron chi connectivity index (χ2n) is 3.17. The van der Waals surface area contributed by atoms with Crippen LogP contribution in [0.4, 0.5) is 10.1 Å². The molecule has 0 saturated carbocycles. The number of aromatic nitrogens is 3. The summed E-state index contributed by atoms with van der Waals surface area (Å²) >= 11 is 0. The van der Waals surface area contributed by atoms with Crippen LogP contribution in [-0.4, -0.2) is 21.8 Å². The standard InChI is InChI=1S/C10H11FN4/c1-12-9-5-14-15(7-9)6-8-2-3-10(11)13-4-8/h2-5,7,12H,6H2,1H3. The maximum atomic E-state index is 12.5. The number of hydrogen-bond acceptors (Lipinski definition) is 3. The molecule has 0 atom stereocenters. The Bertz CT molecular complexity index is 435. The molecule has 0 saturated heterocycles. The van der Waals surface area contributed by atoms with Gasteiger partial charge >= 0.3 is 0 Å². The van der Waals surface area contributed by atoms with Crippen LogP contribution in [0, 0.1) is 5.95 Å². The summed E-state index contributed by atoms with van der Waals surface area (Å²) in [5.74, 6) is -0.463. The van der Waals surface area contributed by atoms with Crippen molar-refractivity contribution >= 4 is 5.69 Å². The van der Waals surface area contributed by atoms with Crippen LogP contribution in [0.15, 0.2) is 30.7 Å². The highest BCUT2D eigenvalue weighted by Crippen LogP contribution is 2.06. The molecular weight excluding hydrogens is 195 g/mol. The van der Waals surface area contributed by atoms with Gasteiger partial charge in [0.25, 0.3) is 0 Å². The van der Waals surface area contributed by atoms with E-state index in [2.05, 4.69) is 15.4 Å². The molecule has 0 fully saturated rings. The molecule has 0 unspecified atom stereocenters. The molecule has 0 spiro atoms. The van der Waals surface area contributed by atoms with Crippen molar-refractivity contribution < 1.29 is 4.39 Å². The lowest BCUT2D eigenvalue weighted by molar-refractivity contribution is 0.579. The molecule has 0 aliphatic heterocycles. The predicted molar refractivity (Wildman–Crippen MR) is 55.1 cm³/mol. The van der Waals surface area contributed by atoms with Gasteiger partial charge in [0.2, 0.25) is 5.95 Å². The van der Waals surface area contributed by atoms with Crippen LogP contribution in [0.1, 0.15) is 5.56 Å². The fourth-order valence-electron chi connectivity index (χ4n) is 1.27. The lowest BCUT2D eigenvalue weighted by Crippen LogP contribution is -2.00. The number of pyridine rings is 1. The monoisotopic (exact) mass is 206 g/mol. The number of halogens is 1. The first-order chi connectivity index (χ1) is 7.28. The molecule has 5 heteroatoms. The highest BCUT2D eigenvalue weighted by Gasteiger charge is 1.99. The maximum Gasteiger partial charge on any atom is 0.212 e. The average molecular weight is 206 g/mol. The van der Waals surface area contributed by atoms with Crippen LogP contribution in [0.25, 0.3) is 0 Å². The van der Waals surface area contributed by atoms with E-state index < -0.39 is 5.95 Å². The van der Waals surface area contributed by atoms with Crippen molar-refractivity contribution in [3.05, 3.63) is 42.2 Å². The van der Waals surface area contributed by atoms with E-state index in [1.165, 1.54) is 12.3 Å². The normalized spacial score (nSPS) is 10.3. The second-order valence-corrected chi connectivity index (χ2v) is 3.17. The Hall–Kier alpha value is -1.91. The number of hydrogen-bond donors (Lipinski definition) is 1. The second kappa shape index (κ2) is 4.08. The molecule has 0 radical (unpaired) electrons. The van der Waals surface area contributed by atoms with Crippen molar-refractivity contribution in [1.82, 2.24) is 14.8 Å². The quantitative estimate of drug-likeness (QED) is 0.774. The zero-order valence-corrected chi connectivity index (χ0v) is 8.31. The number of rotatable bonds is 3. The minimum Gasteiger partial charge on any atom is -0.386 e. The van der Waals surface area contributed by atoms with Gasteiger partial charge in [-0.3, -0.25) is 4.68 Å². The average Bonchev–Trinajstić information content (AvgIpc) is 2.69. The highest BCUT2D eigenvalue weighted by atomic mass is 19.1. The molecule has 4 nitrogen and oxygen atoms in total. The third-order valence-electron chi connectivity index (χ3n) is 2.06. The fraction of sp³-hybridized carbons (Fsp3) is 0.200. The molecular formula is C10H11FN4. The summed E-state index contributed by atoms with van der Waals surface area (Å²) in [4.78, 5) is 3.58. The number of anilines is 1. The van der Waals surface area contributed by atoms with Gasteiger partial charge in [0, 0.05) is 19.4 Å². The van der Waals surface area contributed by atoms with Crippen LogP contribution in [0.5, 0.6) is 0 Å². The first-order valence-electron chi connectivity index (χ1n) is 4.58. The van der Waals surface area contributed by atoms with Crippen molar-refractivity contribution in [1.29, 1.82) is 0 Å². The Morgan fingerprint density at radius 1 is 1.40 bits per heavy atom. The molecule has 2 rings (SSSR count). The van der Waals surface area contributed by atoms with Crippen LogP contribution in [0.2, 0.25) is 0 Å². The number of nitrogens with one attached hydrogen (secondary N) is 1. The van der Waals surface area contributed by atoms with E-state index in [9.17, 15) is 4.39 Å². The number of nitrogens with zero attached hydrogens (tertiary/aromatic N) is 3.